The van der Waals surface area contributed by atoms with Crippen molar-refractivity contribution in [3.63, 3.8) is 0 Å². The van der Waals surface area contributed by atoms with Crippen LogP contribution in [0.4, 0.5) is 4.79 Å². The van der Waals surface area contributed by atoms with Crippen LogP contribution in [0.2, 0.25) is 0 Å². The molecule has 192 valence electrons. The number of aryl methyl sites for hydroxylation is 1. The molecule has 0 heterocycles. The highest BCUT2D eigenvalue weighted by atomic mass is 16.5. The number of hydrogen-bond acceptors (Lipinski definition) is 4. The average Bonchev–Trinajstić information content (AvgIpc) is 3.21. The summed E-state index contributed by atoms with van der Waals surface area (Å²) in [5, 5.41) is 15.4. The number of fused-ring (bicyclic) bond motifs is 3. The average molecular weight is 499 g/mol. The number of allylic oxidation sites excluding steroid dienone is 1. The number of carbonyl (C=O) groups is 2. The second-order valence-corrected chi connectivity index (χ2v) is 9.55. The summed E-state index contributed by atoms with van der Waals surface area (Å²) < 4.78 is 5.51. The van der Waals surface area contributed by atoms with Gasteiger partial charge in [0.25, 0.3) is 0 Å². The van der Waals surface area contributed by atoms with Crippen molar-refractivity contribution in [2.75, 3.05) is 13.2 Å². The van der Waals surface area contributed by atoms with Gasteiger partial charge < -0.3 is 20.5 Å². The van der Waals surface area contributed by atoms with Crippen LogP contribution in [0.3, 0.4) is 0 Å². The maximum atomic E-state index is 12.5. The maximum absolute atomic E-state index is 12.5. The van der Waals surface area contributed by atoms with Crippen LogP contribution in [0.1, 0.15) is 47.4 Å². The molecule has 6 nitrogen and oxygen atoms in total. The summed E-state index contributed by atoms with van der Waals surface area (Å²) in [6.07, 6.45) is 1.78. The third kappa shape index (κ3) is 6.79. The second-order valence-electron chi connectivity index (χ2n) is 9.55. The Morgan fingerprint density at radius 2 is 1.57 bits per heavy atom. The molecule has 0 aromatic heterocycles. The Bertz CT molecular complexity index is 1210. The van der Waals surface area contributed by atoms with Gasteiger partial charge in [0.15, 0.2) is 0 Å². The number of ether oxygens (including phenoxy) is 1. The van der Waals surface area contributed by atoms with E-state index < -0.39 is 18.1 Å². The van der Waals surface area contributed by atoms with Gasteiger partial charge in [-0.05, 0) is 54.0 Å². The molecule has 0 spiro atoms. The normalized spacial score (nSPS) is 12.8. The number of nitrogens with one attached hydrogen (secondary N) is 2. The van der Waals surface area contributed by atoms with Crippen molar-refractivity contribution in [1.29, 1.82) is 0 Å². The number of carbonyl (C=O) groups excluding carboxylic acids is 1. The minimum atomic E-state index is -1.06. The van der Waals surface area contributed by atoms with Crippen LogP contribution in [-0.2, 0) is 16.0 Å². The topological polar surface area (TPSA) is 87.7 Å². The van der Waals surface area contributed by atoms with Crippen molar-refractivity contribution in [2.45, 2.75) is 44.6 Å². The summed E-state index contributed by atoms with van der Waals surface area (Å²) in [4.78, 5) is 24.2. The zero-order chi connectivity index (χ0) is 26.2. The molecule has 1 amide bonds. The number of carboxylic acid groups (broad SMARTS) is 1. The molecule has 4 rings (SSSR count). The van der Waals surface area contributed by atoms with E-state index in [-0.39, 0.29) is 12.5 Å². The fraction of sp³-hybridized carbons (Fsp3) is 0.290. The lowest BCUT2D eigenvalue weighted by Gasteiger charge is -2.17. The van der Waals surface area contributed by atoms with Crippen LogP contribution < -0.4 is 10.6 Å². The molecule has 6 heteroatoms. The Kier molecular flexibility index (Phi) is 8.62. The number of hydrogen-bond donors (Lipinski definition) is 3. The number of alkyl carbamates (subject to hydrolysis) is 1. The van der Waals surface area contributed by atoms with Crippen LogP contribution in [-0.4, -0.2) is 36.4 Å². The Balaban J connectivity index is 1.20. The minimum Gasteiger partial charge on any atom is -0.480 e. The fourth-order valence-corrected chi connectivity index (χ4v) is 4.79. The first-order valence-corrected chi connectivity index (χ1v) is 12.7. The second kappa shape index (κ2) is 12.3. The van der Waals surface area contributed by atoms with Gasteiger partial charge in [-0.25, -0.2) is 9.59 Å². The summed E-state index contributed by atoms with van der Waals surface area (Å²) >= 11 is 0. The molecule has 3 N–H and O–H groups in total. The molecule has 3 aromatic rings. The fourth-order valence-electron chi connectivity index (χ4n) is 4.79. The highest BCUT2D eigenvalue weighted by Crippen LogP contribution is 2.44. The van der Waals surface area contributed by atoms with Crippen LogP contribution >= 0.6 is 0 Å². The number of rotatable bonds is 12. The highest BCUT2D eigenvalue weighted by molar-refractivity contribution is 5.81. The molecular formula is C31H34N2O4. The highest BCUT2D eigenvalue weighted by Gasteiger charge is 2.29. The molecular weight excluding hydrogens is 464 g/mol. The van der Waals surface area contributed by atoms with Crippen LogP contribution in [0, 0.1) is 6.92 Å². The standard InChI is InChI=1S/C31H34N2O4/c1-21-14-16-23(17-15-21)19-22(2)32-18-8-7-13-29(30(34)35)33-31(36)37-20-28-26-11-5-3-9-24(26)25-10-4-6-12-27(25)28/h3-6,9-12,14-17,28-29,32H,2,7-8,13,18-20H2,1H3,(H,33,36)(H,34,35)/t29-/m0/s1. The van der Waals surface area contributed by atoms with Gasteiger partial charge in [-0.15, -0.1) is 0 Å². The Labute approximate surface area is 218 Å². The zero-order valence-corrected chi connectivity index (χ0v) is 21.2. The van der Waals surface area contributed by atoms with Crippen LogP contribution in [0.5, 0.6) is 0 Å². The molecule has 0 unspecified atom stereocenters. The van der Waals surface area contributed by atoms with E-state index in [1.54, 1.807) is 0 Å². The third-order valence-corrected chi connectivity index (χ3v) is 6.77. The molecule has 0 saturated heterocycles. The van der Waals surface area contributed by atoms with Gasteiger partial charge in [0.05, 0.1) is 0 Å². The number of carboxylic acids is 1. The van der Waals surface area contributed by atoms with E-state index in [4.69, 9.17) is 4.74 Å². The molecule has 0 fully saturated rings. The zero-order valence-electron chi connectivity index (χ0n) is 21.2. The summed E-state index contributed by atoms with van der Waals surface area (Å²) in [6, 6.07) is 23.5. The molecule has 0 saturated carbocycles. The van der Waals surface area contributed by atoms with Crippen LogP contribution in [0.25, 0.3) is 11.1 Å². The van der Waals surface area contributed by atoms with Crippen molar-refractivity contribution < 1.29 is 19.4 Å². The number of benzene rings is 3. The van der Waals surface area contributed by atoms with Gasteiger partial charge in [0, 0.05) is 24.6 Å². The van der Waals surface area contributed by atoms with E-state index in [0.29, 0.717) is 19.4 Å². The lowest BCUT2D eigenvalue weighted by molar-refractivity contribution is -0.139. The van der Waals surface area contributed by atoms with Crippen molar-refractivity contribution in [1.82, 2.24) is 10.6 Å². The molecule has 0 aliphatic heterocycles. The molecule has 37 heavy (non-hydrogen) atoms. The van der Waals surface area contributed by atoms with E-state index in [2.05, 4.69) is 60.5 Å². The molecule has 3 aromatic carbocycles. The number of unbranched alkanes of at least 4 members (excludes halogenated alkanes) is 1. The molecule has 0 radical (unpaired) electrons. The SMILES string of the molecule is C=C(Cc1ccc(C)cc1)NCCCC[C@H](NC(=O)OCC1c2ccccc2-c2ccccc21)C(=O)O. The van der Waals surface area contributed by atoms with E-state index in [1.165, 1.54) is 11.1 Å². The molecule has 1 aliphatic carbocycles. The smallest absolute Gasteiger partial charge is 0.407 e. The minimum absolute atomic E-state index is 0.0690. The van der Waals surface area contributed by atoms with E-state index in [1.807, 2.05) is 36.4 Å². The summed E-state index contributed by atoms with van der Waals surface area (Å²) in [7, 11) is 0. The lowest BCUT2D eigenvalue weighted by atomic mass is 9.98. The third-order valence-electron chi connectivity index (χ3n) is 6.77. The van der Waals surface area contributed by atoms with Crippen molar-refractivity contribution in [3.05, 3.63) is 107 Å². The Morgan fingerprint density at radius 1 is 0.946 bits per heavy atom. The molecule has 0 bridgehead atoms. The number of aliphatic carboxylic acids is 1. The van der Waals surface area contributed by atoms with Crippen molar-refractivity contribution >= 4 is 12.1 Å². The summed E-state index contributed by atoms with van der Waals surface area (Å²) in [5.41, 5.74) is 7.86. The van der Waals surface area contributed by atoms with E-state index in [0.717, 1.165) is 40.8 Å². The molecule has 1 atom stereocenters. The number of amides is 1. The van der Waals surface area contributed by atoms with Crippen molar-refractivity contribution in [2.24, 2.45) is 0 Å². The first-order chi connectivity index (χ1) is 17.9. The van der Waals surface area contributed by atoms with Gasteiger partial charge in [0.2, 0.25) is 0 Å². The van der Waals surface area contributed by atoms with E-state index in [9.17, 15) is 14.7 Å². The Hall–Kier alpha value is -4.06. The summed E-state index contributed by atoms with van der Waals surface area (Å²) in [6.45, 7) is 6.98. The van der Waals surface area contributed by atoms with Gasteiger partial charge in [0.1, 0.15) is 12.6 Å². The molecule has 1 aliphatic rings. The quantitative estimate of drug-likeness (QED) is 0.275. The van der Waals surface area contributed by atoms with Gasteiger partial charge in [-0.1, -0.05) is 84.9 Å². The van der Waals surface area contributed by atoms with E-state index >= 15 is 0 Å². The van der Waals surface area contributed by atoms with Gasteiger partial charge in [-0.3, -0.25) is 0 Å². The largest absolute Gasteiger partial charge is 0.480 e. The van der Waals surface area contributed by atoms with Gasteiger partial charge >= 0.3 is 12.1 Å². The predicted molar refractivity (Wildman–Crippen MR) is 146 cm³/mol. The first kappa shape index (κ1) is 26.0. The summed E-state index contributed by atoms with van der Waals surface area (Å²) in [5.74, 6) is -1.13. The van der Waals surface area contributed by atoms with Gasteiger partial charge in [-0.2, -0.15) is 0 Å². The Morgan fingerprint density at radius 3 is 2.19 bits per heavy atom. The lowest BCUT2D eigenvalue weighted by Crippen LogP contribution is -2.41. The maximum Gasteiger partial charge on any atom is 0.407 e. The van der Waals surface area contributed by atoms with Crippen LogP contribution in [0.15, 0.2) is 85.1 Å². The monoisotopic (exact) mass is 498 g/mol. The first-order valence-electron chi connectivity index (χ1n) is 12.7. The predicted octanol–water partition coefficient (Wildman–Crippen LogP) is 5.80. The van der Waals surface area contributed by atoms with Crippen molar-refractivity contribution in [3.8, 4) is 11.1 Å².